The van der Waals surface area contributed by atoms with Crippen LogP contribution < -0.4 is 0 Å². The Morgan fingerprint density at radius 1 is 0.468 bits per heavy atom. The third kappa shape index (κ3) is 9.33. The molecular formula is C59H49N3. The average Bonchev–Trinajstić information content (AvgIpc) is 3.35. The molecule has 0 radical (unpaired) electrons. The van der Waals surface area contributed by atoms with Crippen LogP contribution >= 0.6 is 0 Å². The molecule has 3 nitrogen and oxygen atoms in total. The van der Waals surface area contributed by atoms with Gasteiger partial charge in [0.05, 0.1) is 6.54 Å². The van der Waals surface area contributed by atoms with Crippen molar-refractivity contribution in [3.8, 4) is 55.6 Å². The zero-order valence-electron chi connectivity index (χ0n) is 35.3. The van der Waals surface area contributed by atoms with Gasteiger partial charge >= 0.3 is 0 Å². The van der Waals surface area contributed by atoms with Gasteiger partial charge in [-0.25, -0.2) is 9.98 Å². The summed E-state index contributed by atoms with van der Waals surface area (Å²) in [6.07, 6.45) is 7.55. The highest BCUT2D eigenvalue weighted by atomic mass is 15.0. The first-order chi connectivity index (χ1) is 30.6. The summed E-state index contributed by atoms with van der Waals surface area (Å²) in [5.74, 6) is 1.07. The van der Waals surface area contributed by atoms with Crippen LogP contribution in [0.15, 0.2) is 239 Å². The van der Waals surface area contributed by atoms with Gasteiger partial charge in [-0.1, -0.05) is 219 Å². The Labute approximate surface area is 366 Å². The molecule has 0 spiro atoms. The molecule has 0 saturated heterocycles. The number of benzene rings is 8. The predicted molar refractivity (Wildman–Crippen MR) is 266 cm³/mol. The third-order valence-corrected chi connectivity index (χ3v) is 11.0. The minimum Gasteiger partial charge on any atom is -0.261 e. The SMILES string of the molecule is C=NC(=NC(=NCc1cc(-c2ccccc2)ccc1-c1ccccc1-c1ccccc1)c1cc(-c2ccccc2)ccc1-c1ccccc1C(/C=C\CC)=C/C)c1ccccc1. The standard InChI is InChI=1S/C59H49N3/c1-4-6-23-43(5-2)51-32-19-22-35-55(51)56-39-37-49(45-26-13-8-14-27-45)41-57(56)59(62-58(60-3)47-30-17-10-18-31-47)61-42-50-40-48(44-24-11-7-12-25-44)36-38-53(50)54-34-21-20-33-52(54)46-28-15-9-16-29-46/h5-41H,3-4,42H2,1-2H3/b23-6-,43-5+,61-59?,62-58?. The normalized spacial score (nSPS) is 12.1. The lowest BCUT2D eigenvalue weighted by Crippen LogP contribution is -2.08. The molecule has 0 aliphatic heterocycles. The summed E-state index contributed by atoms with van der Waals surface area (Å²) in [5, 5.41) is 0. The number of allylic oxidation sites excluding steroid dienone is 4. The maximum atomic E-state index is 5.58. The monoisotopic (exact) mass is 799 g/mol. The van der Waals surface area contributed by atoms with Gasteiger partial charge < -0.3 is 0 Å². The third-order valence-electron chi connectivity index (χ3n) is 11.0. The molecule has 0 N–H and O–H groups in total. The van der Waals surface area contributed by atoms with Gasteiger partial charge in [-0.05, 0) is 105 Å². The molecule has 8 aromatic rings. The summed E-state index contributed by atoms with van der Waals surface area (Å²) in [5.41, 5.74) is 16.3. The molecule has 0 aliphatic carbocycles. The Morgan fingerprint density at radius 2 is 0.984 bits per heavy atom. The number of amidine groups is 2. The average molecular weight is 800 g/mol. The van der Waals surface area contributed by atoms with Crippen LogP contribution in [0.4, 0.5) is 0 Å². The van der Waals surface area contributed by atoms with E-state index in [1.807, 2.05) is 36.4 Å². The van der Waals surface area contributed by atoms with Crippen LogP contribution in [-0.4, -0.2) is 18.4 Å². The second-order valence-corrected chi connectivity index (χ2v) is 15.0. The van der Waals surface area contributed by atoms with Gasteiger partial charge in [0.1, 0.15) is 0 Å². The largest absolute Gasteiger partial charge is 0.261 e. The van der Waals surface area contributed by atoms with E-state index in [9.17, 15) is 0 Å². The summed E-state index contributed by atoms with van der Waals surface area (Å²) >= 11 is 0. The Balaban J connectivity index is 1.39. The molecule has 0 aliphatic rings. The molecule has 3 heteroatoms. The van der Waals surface area contributed by atoms with Crippen molar-refractivity contribution in [2.75, 3.05) is 0 Å². The highest BCUT2D eigenvalue weighted by Crippen LogP contribution is 2.38. The van der Waals surface area contributed by atoms with Gasteiger partial charge in [-0.2, -0.15) is 0 Å². The van der Waals surface area contributed by atoms with Gasteiger partial charge in [0.25, 0.3) is 0 Å². The van der Waals surface area contributed by atoms with Crippen molar-refractivity contribution >= 4 is 24.0 Å². The molecule has 0 aromatic heterocycles. The number of hydrogen-bond acceptors (Lipinski definition) is 1. The van der Waals surface area contributed by atoms with E-state index >= 15 is 0 Å². The topological polar surface area (TPSA) is 37.1 Å². The van der Waals surface area contributed by atoms with Crippen molar-refractivity contribution in [1.29, 1.82) is 0 Å². The van der Waals surface area contributed by atoms with Gasteiger partial charge in [-0.3, -0.25) is 4.99 Å². The van der Waals surface area contributed by atoms with Crippen LogP contribution in [0.2, 0.25) is 0 Å². The van der Waals surface area contributed by atoms with E-state index in [0.717, 1.165) is 89.9 Å². The minimum absolute atomic E-state index is 0.354. The molecule has 0 fully saturated rings. The van der Waals surface area contributed by atoms with E-state index in [4.69, 9.17) is 9.98 Å². The van der Waals surface area contributed by atoms with Crippen LogP contribution in [-0.2, 0) is 6.54 Å². The molecule has 0 unspecified atom stereocenters. The van der Waals surface area contributed by atoms with Crippen molar-refractivity contribution in [3.05, 3.63) is 247 Å². The Morgan fingerprint density at radius 3 is 1.60 bits per heavy atom. The van der Waals surface area contributed by atoms with E-state index in [1.54, 1.807) is 0 Å². The Kier molecular flexibility index (Phi) is 13.2. The molecule has 0 heterocycles. The molecule has 62 heavy (non-hydrogen) atoms. The Bertz CT molecular complexity index is 2900. The molecule has 0 bridgehead atoms. The van der Waals surface area contributed by atoms with Gasteiger partial charge in [0.2, 0.25) is 0 Å². The van der Waals surface area contributed by atoms with Gasteiger partial charge in [0, 0.05) is 11.1 Å². The zero-order chi connectivity index (χ0) is 42.5. The van der Waals surface area contributed by atoms with Crippen LogP contribution in [0.25, 0.3) is 61.2 Å². The summed E-state index contributed by atoms with van der Waals surface area (Å²) in [4.78, 5) is 15.5. The summed E-state index contributed by atoms with van der Waals surface area (Å²) < 4.78 is 0. The maximum absolute atomic E-state index is 5.58. The first-order valence-corrected chi connectivity index (χ1v) is 21.3. The van der Waals surface area contributed by atoms with Gasteiger partial charge in [0.15, 0.2) is 11.7 Å². The van der Waals surface area contributed by atoms with E-state index in [1.165, 1.54) is 0 Å². The fourth-order valence-corrected chi connectivity index (χ4v) is 7.93. The second kappa shape index (κ2) is 20.0. The molecule has 300 valence electrons. The quantitative estimate of drug-likeness (QED) is 0.0671. The van der Waals surface area contributed by atoms with Crippen molar-refractivity contribution in [2.45, 2.75) is 26.8 Å². The summed E-state index contributed by atoms with van der Waals surface area (Å²) in [6.45, 7) is 8.63. The lowest BCUT2D eigenvalue weighted by molar-refractivity contribution is 1.06. The van der Waals surface area contributed by atoms with Crippen LogP contribution in [0.3, 0.4) is 0 Å². The number of nitrogens with zero attached hydrogens (tertiary/aromatic N) is 3. The summed E-state index contributed by atoms with van der Waals surface area (Å²) in [6, 6.07) is 72.3. The molecule has 0 atom stereocenters. The molecule has 0 amide bonds. The molecular weight excluding hydrogens is 751 g/mol. The highest BCUT2D eigenvalue weighted by molar-refractivity contribution is 6.15. The fraction of sp³-hybridized carbons (Fsp3) is 0.0678. The first-order valence-electron chi connectivity index (χ1n) is 21.3. The van der Waals surface area contributed by atoms with Crippen LogP contribution in [0.5, 0.6) is 0 Å². The van der Waals surface area contributed by atoms with E-state index in [-0.39, 0.29) is 0 Å². The summed E-state index contributed by atoms with van der Waals surface area (Å²) in [7, 11) is 0. The maximum Gasteiger partial charge on any atom is 0.161 e. The smallest absolute Gasteiger partial charge is 0.161 e. The van der Waals surface area contributed by atoms with Gasteiger partial charge in [-0.15, -0.1) is 0 Å². The second-order valence-electron chi connectivity index (χ2n) is 15.0. The van der Waals surface area contributed by atoms with E-state index in [2.05, 4.69) is 214 Å². The van der Waals surface area contributed by atoms with Crippen LogP contribution in [0, 0.1) is 0 Å². The highest BCUT2D eigenvalue weighted by Gasteiger charge is 2.19. The Hall–Kier alpha value is -7.75. The molecule has 8 aromatic carbocycles. The number of rotatable bonds is 12. The zero-order valence-corrected chi connectivity index (χ0v) is 35.3. The first kappa shape index (κ1) is 41.0. The van der Waals surface area contributed by atoms with Crippen molar-refractivity contribution < 1.29 is 0 Å². The predicted octanol–water partition coefficient (Wildman–Crippen LogP) is 15.5. The van der Waals surface area contributed by atoms with E-state index in [0.29, 0.717) is 18.2 Å². The fourth-order valence-electron chi connectivity index (χ4n) is 7.93. The van der Waals surface area contributed by atoms with Crippen molar-refractivity contribution in [3.63, 3.8) is 0 Å². The minimum atomic E-state index is 0.354. The number of hydrogen-bond donors (Lipinski definition) is 0. The van der Waals surface area contributed by atoms with Crippen molar-refractivity contribution in [2.24, 2.45) is 15.0 Å². The lowest BCUT2D eigenvalue weighted by atomic mass is 9.89. The van der Waals surface area contributed by atoms with E-state index < -0.39 is 0 Å². The molecule has 0 saturated carbocycles. The van der Waals surface area contributed by atoms with Crippen LogP contribution in [0.1, 0.15) is 42.5 Å². The lowest BCUT2D eigenvalue weighted by Gasteiger charge is -2.18. The van der Waals surface area contributed by atoms with Crippen molar-refractivity contribution in [1.82, 2.24) is 0 Å². The number of aliphatic imine (C=N–C) groups is 3. The molecule has 8 rings (SSSR count).